The van der Waals surface area contributed by atoms with Crippen LogP contribution in [0.1, 0.15) is 32.3 Å². The van der Waals surface area contributed by atoms with Crippen LogP contribution in [-0.4, -0.2) is 74.2 Å². The number of halogens is 2. The Morgan fingerprint density at radius 1 is 1.17 bits per heavy atom. The smallest absolute Gasteiger partial charge is 0.188 e. The number of hydrogen-bond acceptors (Lipinski definition) is 4. The number of nitrogens with one attached hydrogen (secondary N) is 1. The Hall–Kier alpha value is -1.13. The van der Waals surface area contributed by atoms with E-state index >= 15 is 0 Å². The molecule has 0 radical (unpaired) electrons. The van der Waals surface area contributed by atoms with Gasteiger partial charge in [-0.3, -0.25) is 4.90 Å². The summed E-state index contributed by atoms with van der Waals surface area (Å²) in [4.78, 5) is 11.4. The predicted octanol–water partition coefficient (Wildman–Crippen LogP) is 2.47. The summed E-state index contributed by atoms with van der Waals surface area (Å²) < 4.78 is 14.6. The standard InChI is InChI=1S/C21H35FN6.HI/c1-3-26-10-12-28(13-11-26)20-8-7-17(14-19(20)22)15-24-21(23)25-16-18-6-5-9-27(18)4-2;/h7-8,14,18H,3-6,9-13,15-16H2,1-2H3,(H3,23,24,25);1H. The lowest BCUT2D eigenvalue weighted by Gasteiger charge is -2.35. The van der Waals surface area contributed by atoms with Crippen molar-refractivity contribution in [2.75, 3.05) is 57.3 Å². The van der Waals surface area contributed by atoms with Gasteiger partial charge < -0.3 is 20.9 Å². The van der Waals surface area contributed by atoms with E-state index in [2.05, 4.69) is 38.9 Å². The van der Waals surface area contributed by atoms with E-state index in [0.717, 1.165) is 51.4 Å². The predicted molar refractivity (Wildman–Crippen MR) is 130 cm³/mol. The highest BCUT2D eigenvalue weighted by atomic mass is 127. The van der Waals surface area contributed by atoms with E-state index < -0.39 is 0 Å². The zero-order valence-electron chi connectivity index (χ0n) is 17.7. The Morgan fingerprint density at radius 3 is 2.59 bits per heavy atom. The van der Waals surface area contributed by atoms with Gasteiger partial charge in [0.05, 0.1) is 12.2 Å². The van der Waals surface area contributed by atoms with Crippen LogP contribution in [0.15, 0.2) is 23.2 Å². The number of anilines is 1. The van der Waals surface area contributed by atoms with Crippen molar-refractivity contribution in [1.82, 2.24) is 15.1 Å². The van der Waals surface area contributed by atoms with Crippen molar-refractivity contribution in [1.29, 1.82) is 0 Å². The number of likely N-dealkylation sites (N-methyl/N-ethyl adjacent to an activating group) is 2. The zero-order valence-corrected chi connectivity index (χ0v) is 20.1. The molecular formula is C21H36FIN6. The molecule has 1 unspecified atom stereocenters. The van der Waals surface area contributed by atoms with E-state index in [9.17, 15) is 4.39 Å². The lowest BCUT2D eigenvalue weighted by atomic mass is 10.1. The molecule has 29 heavy (non-hydrogen) atoms. The van der Waals surface area contributed by atoms with Crippen LogP contribution < -0.4 is 16.0 Å². The molecule has 0 bridgehead atoms. The average molecular weight is 518 g/mol. The minimum atomic E-state index is -0.172. The monoisotopic (exact) mass is 518 g/mol. The maximum absolute atomic E-state index is 14.6. The first-order valence-electron chi connectivity index (χ1n) is 10.6. The lowest BCUT2D eigenvalue weighted by molar-refractivity contribution is 0.267. The number of hydrogen-bond donors (Lipinski definition) is 2. The third kappa shape index (κ3) is 6.68. The second-order valence-corrected chi connectivity index (χ2v) is 7.71. The zero-order chi connectivity index (χ0) is 19.9. The molecule has 2 heterocycles. The molecule has 0 spiro atoms. The maximum atomic E-state index is 14.6. The maximum Gasteiger partial charge on any atom is 0.188 e. The van der Waals surface area contributed by atoms with Gasteiger partial charge in [0.2, 0.25) is 0 Å². The molecule has 2 aliphatic rings. The Bertz CT molecular complexity index is 663. The number of nitrogens with two attached hydrogens (primary N) is 1. The summed E-state index contributed by atoms with van der Waals surface area (Å²) in [7, 11) is 0. The molecule has 0 saturated carbocycles. The van der Waals surface area contributed by atoms with Gasteiger partial charge in [-0.05, 0) is 50.2 Å². The van der Waals surface area contributed by atoms with Crippen LogP contribution in [0.25, 0.3) is 0 Å². The van der Waals surface area contributed by atoms with E-state index in [1.54, 1.807) is 6.07 Å². The van der Waals surface area contributed by atoms with E-state index in [1.165, 1.54) is 19.4 Å². The number of aliphatic imine (C=N–C) groups is 1. The number of benzene rings is 1. The molecule has 2 saturated heterocycles. The van der Waals surface area contributed by atoms with Crippen molar-refractivity contribution in [3.8, 4) is 0 Å². The van der Waals surface area contributed by atoms with Gasteiger partial charge >= 0.3 is 0 Å². The number of nitrogens with zero attached hydrogens (tertiary/aromatic N) is 4. The van der Waals surface area contributed by atoms with E-state index in [1.807, 2.05) is 12.1 Å². The molecule has 8 heteroatoms. The molecule has 3 N–H and O–H groups in total. The van der Waals surface area contributed by atoms with E-state index in [0.29, 0.717) is 24.2 Å². The molecule has 0 amide bonds. The summed E-state index contributed by atoms with van der Waals surface area (Å²) in [5, 5.41) is 3.23. The normalized spacial score (nSPS) is 21.3. The number of piperazine rings is 1. The SMILES string of the molecule is CCN1CCN(c2ccc(CN=C(N)NCC3CCCN3CC)cc2F)CC1.I. The van der Waals surface area contributed by atoms with Crippen molar-refractivity contribution in [3.63, 3.8) is 0 Å². The van der Waals surface area contributed by atoms with Crippen molar-refractivity contribution >= 4 is 35.6 Å². The first kappa shape index (κ1) is 24.1. The average Bonchev–Trinajstić information content (AvgIpc) is 3.18. The van der Waals surface area contributed by atoms with Crippen molar-refractivity contribution in [2.24, 2.45) is 10.7 Å². The largest absolute Gasteiger partial charge is 0.370 e. The molecule has 1 aromatic rings. The topological polar surface area (TPSA) is 60.1 Å². The van der Waals surface area contributed by atoms with Gasteiger partial charge in [-0.2, -0.15) is 0 Å². The van der Waals surface area contributed by atoms with Crippen LogP contribution in [0, 0.1) is 5.82 Å². The Balaban J connectivity index is 0.00000300. The molecule has 3 rings (SSSR count). The first-order chi connectivity index (χ1) is 13.6. The first-order valence-corrected chi connectivity index (χ1v) is 10.6. The second-order valence-electron chi connectivity index (χ2n) is 7.71. The highest BCUT2D eigenvalue weighted by molar-refractivity contribution is 14.0. The molecule has 2 fully saturated rings. The van der Waals surface area contributed by atoms with Crippen LogP contribution >= 0.6 is 24.0 Å². The Labute approximate surface area is 191 Å². The van der Waals surface area contributed by atoms with Crippen molar-refractivity contribution in [3.05, 3.63) is 29.6 Å². The Morgan fingerprint density at radius 2 is 1.93 bits per heavy atom. The summed E-state index contributed by atoms with van der Waals surface area (Å²) in [6.45, 7) is 12.6. The molecule has 6 nitrogen and oxygen atoms in total. The molecule has 1 atom stereocenters. The highest BCUT2D eigenvalue weighted by Crippen LogP contribution is 2.22. The number of likely N-dealkylation sites (tertiary alicyclic amines) is 1. The Kier molecular flexibility index (Phi) is 9.91. The molecule has 164 valence electrons. The number of guanidine groups is 1. The molecule has 1 aromatic carbocycles. The fourth-order valence-electron chi connectivity index (χ4n) is 4.21. The quantitative estimate of drug-likeness (QED) is 0.330. The summed E-state index contributed by atoms with van der Waals surface area (Å²) in [5.74, 6) is 0.261. The van der Waals surface area contributed by atoms with Crippen LogP contribution in [0.2, 0.25) is 0 Å². The van der Waals surface area contributed by atoms with Gasteiger partial charge in [0, 0.05) is 38.8 Å². The lowest BCUT2D eigenvalue weighted by Crippen LogP contribution is -2.46. The molecule has 2 aliphatic heterocycles. The summed E-state index contributed by atoms with van der Waals surface area (Å²) in [6.07, 6.45) is 2.45. The van der Waals surface area contributed by atoms with Crippen LogP contribution in [-0.2, 0) is 6.54 Å². The van der Waals surface area contributed by atoms with Gasteiger partial charge in [-0.25, -0.2) is 9.38 Å². The molecule has 0 aliphatic carbocycles. The van der Waals surface area contributed by atoms with Crippen LogP contribution in [0.5, 0.6) is 0 Å². The third-order valence-corrected chi connectivity index (χ3v) is 6.03. The van der Waals surface area contributed by atoms with Gasteiger partial charge in [0.25, 0.3) is 0 Å². The van der Waals surface area contributed by atoms with Gasteiger partial charge in [-0.1, -0.05) is 19.9 Å². The summed E-state index contributed by atoms with van der Waals surface area (Å²) in [5.41, 5.74) is 7.54. The molecular weight excluding hydrogens is 482 g/mol. The van der Waals surface area contributed by atoms with Gasteiger partial charge in [0.15, 0.2) is 5.96 Å². The van der Waals surface area contributed by atoms with Crippen molar-refractivity contribution in [2.45, 2.75) is 39.3 Å². The minimum Gasteiger partial charge on any atom is -0.370 e. The van der Waals surface area contributed by atoms with Gasteiger partial charge in [0.1, 0.15) is 5.82 Å². The van der Waals surface area contributed by atoms with Crippen LogP contribution in [0.3, 0.4) is 0 Å². The second kappa shape index (κ2) is 11.9. The number of rotatable bonds is 7. The summed E-state index contributed by atoms with van der Waals surface area (Å²) >= 11 is 0. The van der Waals surface area contributed by atoms with E-state index in [4.69, 9.17) is 5.73 Å². The van der Waals surface area contributed by atoms with Crippen LogP contribution in [0.4, 0.5) is 10.1 Å². The third-order valence-electron chi connectivity index (χ3n) is 6.03. The van der Waals surface area contributed by atoms with Crippen molar-refractivity contribution < 1.29 is 4.39 Å². The minimum absolute atomic E-state index is 0. The summed E-state index contributed by atoms with van der Waals surface area (Å²) in [6, 6.07) is 5.96. The van der Waals surface area contributed by atoms with Gasteiger partial charge in [-0.15, -0.1) is 24.0 Å². The molecule has 0 aromatic heterocycles. The fourth-order valence-corrected chi connectivity index (χ4v) is 4.21. The fraction of sp³-hybridized carbons (Fsp3) is 0.667. The van der Waals surface area contributed by atoms with E-state index in [-0.39, 0.29) is 29.8 Å². The highest BCUT2D eigenvalue weighted by Gasteiger charge is 2.22.